The van der Waals surface area contributed by atoms with Crippen molar-refractivity contribution >= 4 is 18.0 Å². The number of phenolic OH excluding ortho intramolecular Hbond substituents is 3. The van der Waals surface area contributed by atoms with Gasteiger partial charge in [-0.1, -0.05) is 18.2 Å². The molecule has 2 rings (SSSR count). The Morgan fingerprint density at radius 2 is 1.73 bits per heavy atom. The average Bonchev–Trinajstić information content (AvgIpc) is 2.62. The van der Waals surface area contributed by atoms with Gasteiger partial charge in [-0.2, -0.15) is 5.48 Å². The van der Waals surface area contributed by atoms with Crippen molar-refractivity contribution in [1.82, 2.24) is 5.48 Å². The van der Waals surface area contributed by atoms with Crippen LogP contribution in [0, 0.1) is 0 Å². The van der Waals surface area contributed by atoms with Crippen LogP contribution in [0.15, 0.2) is 48.5 Å². The summed E-state index contributed by atoms with van der Waals surface area (Å²) in [6.07, 6.45) is 3.86. The monoisotopic (exact) mass is 357 g/mol. The molecule has 0 aromatic heterocycles. The lowest BCUT2D eigenvalue weighted by atomic mass is 10.1. The van der Waals surface area contributed by atoms with Crippen LogP contribution in [0.2, 0.25) is 0 Å². The maximum atomic E-state index is 11.6. The summed E-state index contributed by atoms with van der Waals surface area (Å²) in [6, 6.07) is 10.8. The minimum absolute atomic E-state index is 0.136. The molecule has 0 fully saturated rings. The van der Waals surface area contributed by atoms with Crippen molar-refractivity contribution in [1.29, 1.82) is 0 Å². The first kappa shape index (κ1) is 18.9. The van der Waals surface area contributed by atoms with E-state index in [9.17, 15) is 24.9 Å². The number of aryl methyl sites for hydroxylation is 1. The standard InChI is InChI=1S/C19H19NO6/c21-15-8-4-13(5-9-15)2-1-3-19(25)26-20-18(24)11-7-14-6-10-16(22)17(23)12-14/h4-12,21-23H,1-3H2,(H,20,24)/b11-7+. The Balaban J connectivity index is 1.69. The number of phenols is 3. The van der Waals surface area contributed by atoms with Crippen molar-refractivity contribution in [3.8, 4) is 17.2 Å². The zero-order chi connectivity index (χ0) is 18.9. The van der Waals surface area contributed by atoms with E-state index in [1.54, 1.807) is 24.3 Å². The van der Waals surface area contributed by atoms with Gasteiger partial charge in [0.05, 0.1) is 0 Å². The molecule has 0 spiro atoms. The summed E-state index contributed by atoms with van der Waals surface area (Å²) in [4.78, 5) is 27.8. The second-order valence-corrected chi connectivity index (χ2v) is 5.54. The van der Waals surface area contributed by atoms with Crippen molar-refractivity contribution in [2.45, 2.75) is 19.3 Å². The highest BCUT2D eigenvalue weighted by Crippen LogP contribution is 2.25. The molecule has 0 aliphatic rings. The quantitative estimate of drug-likeness (QED) is 0.358. The van der Waals surface area contributed by atoms with Gasteiger partial charge in [-0.3, -0.25) is 4.79 Å². The molecule has 0 heterocycles. The van der Waals surface area contributed by atoms with Crippen LogP contribution in [0.3, 0.4) is 0 Å². The summed E-state index contributed by atoms with van der Waals surface area (Å²) >= 11 is 0. The molecule has 0 saturated carbocycles. The van der Waals surface area contributed by atoms with Crippen molar-refractivity contribution in [3.05, 3.63) is 59.7 Å². The Kier molecular flexibility index (Phi) is 6.61. The molecule has 2 aromatic rings. The number of hydroxylamine groups is 1. The molecule has 2 aromatic carbocycles. The zero-order valence-electron chi connectivity index (χ0n) is 13.9. The average molecular weight is 357 g/mol. The Hall–Kier alpha value is -3.48. The molecule has 7 heteroatoms. The first-order valence-corrected chi connectivity index (χ1v) is 7.91. The highest BCUT2D eigenvalue weighted by Gasteiger charge is 2.06. The first-order chi connectivity index (χ1) is 12.4. The van der Waals surface area contributed by atoms with E-state index in [0.29, 0.717) is 18.4 Å². The third-order valence-corrected chi connectivity index (χ3v) is 3.47. The van der Waals surface area contributed by atoms with Gasteiger partial charge in [-0.15, -0.1) is 0 Å². The fraction of sp³-hybridized carbons (Fsp3) is 0.158. The summed E-state index contributed by atoms with van der Waals surface area (Å²) in [5, 5.41) is 27.7. The van der Waals surface area contributed by atoms with Crippen LogP contribution in [0.4, 0.5) is 0 Å². The summed E-state index contributed by atoms with van der Waals surface area (Å²) in [6.45, 7) is 0. The minimum atomic E-state index is -0.635. The van der Waals surface area contributed by atoms with Gasteiger partial charge in [-0.05, 0) is 54.3 Å². The highest BCUT2D eigenvalue weighted by molar-refractivity contribution is 5.91. The molecule has 26 heavy (non-hydrogen) atoms. The molecule has 136 valence electrons. The van der Waals surface area contributed by atoms with E-state index < -0.39 is 11.9 Å². The Morgan fingerprint density at radius 3 is 2.42 bits per heavy atom. The van der Waals surface area contributed by atoms with Crippen LogP contribution in [0.1, 0.15) is 24.0 Å². The van der Waals surface area contributed by atoms with E-state index in [-0.39, 0.29) is 23.7 Å². The van der Waals surface area contributed by atoms with Crippen LogP contribution in [-0.2, 0) is 20.8 Å². The second kappa shape index (κ2) is 9.12. The third-order valence-electron chi connectivity index (χ3n) is 3.47. The van der Waals surface area contributed by atoms with Gasteiger partial charge >= 0.3 is 5.97 Å². The van der Waals surface area contributed by atoms with Gasteiger partial charge in [0.25, 0.3) is 5.91 Å². The number of carbonyl (C=O) groups excluding carboxylic acids is 2. The Bertz CT molecular complexity index is 798. The maximum absolute atomic E-state index is 11.6. The number of amides is 1. The fourth-order valence-electron chi connectivity index (χ4n) is 2.11. The molecule has 0 aliphatic heterocycles. The minimum Gasteiger partial charge on any atom is -0.508 e. The summed E-state index contributed by atoms with van der Waals surface area (Å²) < 4.78 is 0. The van der Waals surface area contributed by atoms with Gasteiger partial charge in [0, 0.05) is 12.5 Å². The van der Waals surface area contributed by atoms with Crippen LogP contribution in [-0.4, -0.2) is 27.2 Å². The molecular weight excluding hydrogens is 338 g/mol. The first-order valence-electron chi connectivity index (χ1n) is 7.91. The number of benzene rings is 2. The van der Waals surface area contributed by atoms with Crippen molar-refractivity contribution in [3.63, 3.8) is 0 Å². The predicted octanol–water partition coefficient (Wildman–Crippen LogP) is 2.41. The fourth-order valence-corrected chi connectivity index (χ4v) is 2.11. The summed E-state index contributed by atoms with van der Waals surface area (Å²) in [7, 11) is 0. The maximum Gasteiger partial charge on any atom is 0.332 e. The van der Waals surface area contributed by atoms with Crippen molar-refractivity contribution in [2.24, 2.45) is 0 Å². The van der Waals surface area contributed by atoms with Crippen LogP contribution in [0.25, 0.3) is 6.08 Å². The van der Waals surface area contributed by atoms with E-state index in [2.05, 4.69) is 4.84 Å². The molecule has 0 aliphatic carbocycles. The van der Waals surface area contributed by atoms with Crippen LogP contribution >= 0.6 is 0 Å². The second-order valence-electron chi connectivity index (χ2n) is 5.54. The highest BCUT2D eigenvalue weighted by atomic mass is 16.7. The summed E-state index contributed by atoms with van der Waals surface area (Å²) in [5.74, 6) is -1.57. The largest absolute Gasteiger partial charge is 0.508 e. The number of carbonyl (C=O) groups is 2. The lowest BCUT2D eigenvalue weighted by Gasteiger charge is -2.04. The molecule has 0 bridgehead atoms. The smallest absolute Gasteiger partial charge is 0.332 e. The topological polar surface area (TPSA) is 116 Å². The van der Waals surface area contributed by atoms with Gasteiger partial charge in [0.2, 0.25) is 0 Å². The van der Waals surface area contributed by atoms with Gasteiger partial charge < -0.3 is 20.2 Å². The van der Waals surface area contributed by atoms with Crippen LogP contribution < -0.4 is 5.48 Å². The molecule has 7 nitrogen and oxygen atoms in total. The summed E-state index contributed by atoms with van der Waals surface area (Å²) in [5.41, 5.74) is 3.50. The Labute approximate surface area is 150 Å². The lowest BCUT2D eigenvalue weighted by Crippen LogP contribution is -2.25. The molecular formula is C19H19NO6. The van der Waals surface area contributed by atoms with Gasteiger partial charge in [0.1, 0.15) is 5.75 Å². The predicted molar refractivity (Wildman–Crippen MR) is 94.1 cm³/mol. The number of hydrogen-bond donors (Lipinski definition) is 4. The molecule has 0 radical (unpaired) electrons. The molecule has 0 atom stereocenters. The Morgan fingerprint density at radius 1 is 1.00 bits per heavy atom. The molecule has 0 saturated heterocycles. The van der Waals surface area contributed by atoms with E-state index in [0.717, 1.165) is 11.6 Å². The van der Waals surface area contributed by atoms with E-state index in [1.165, 1.54) is 24.3 Å². The number of nitrogens with one attached hydrogen (secondary N) is 1. The van der Waals surface area contributed by atoms with Crippen molar-refractivity contribution in [2.75, 3.05) is 0 Å². The third kappa shape index (κ3) is 6.20. The van der Waals surface area contributed by atoms with Gasteiger partial charge in [0.15, 0.2) is 11.5 Å². The zero-order valence-corrected chi connectivity index (χ0v) is 13.9. The van der Waals surface area contributed by atoms with E-state index in [1.807, 2.05) is 5.48 Å². The normalized spacial score (nSPS) is 10.6. The lowest BCUT2D eigenvalue weighted by molar-refractivity contribution is -0.156. The van der Waals surface area contributed by atoms with Gasteiger partial charge in [-0.25, -0.2) is 4.79 Å². The van der Waals surface area contributed by atoms with Crippen LogP contribution in [0.5, 0.6) is 17.2 Å². The SMILES string of the molecule is O=C(/C=C/c1ccc(O)c(O)c1)NOC(=O)CCCc1ccc(O)cc1. The number of hydrogen-bond acceptors (Lipinski definition) is 6. The van der Waals surface area contributed by atoms with E-state index >= 15 is 0 Å². The van der Waals surface area contributed by atoms with Crippen molar-refractivity contribution < 1.29 is 29.7 Å². The molecule has 4 N–H and O–H groups in total. The van der Waals surface area contributed by atoms with E-state index in [4.69, 9.17) is 0 Å². The number of aromatic hydroxyl groups is 3. The molecule has 0 unspecified atom stereocenters. The molecule has 1 amide bonds. The number of rotatable bonds is 6.